The van der Waals surface area contributed by atoms with E-state index in [9.17, 15) is 14.0 Å². The lowest BCUT2D eigenvalue weighted by Gasteiger charge is -2.42. The van der Waals surface area contributed by atoms with Gasteiger partial charge in [-0.2, -0.15) is 0 Å². The largest absolute Gasteiger partial charge is 0.478 e. The highest BCUT2D eigenvalue weighted by Crippen LogP contribution is 2.47. The Morgan fingerprint density at radius 1 is 0.886 bits per heavy atom. The summed E-state index contributed by atoms with van der Waals surface area (Å²) in [6.45, 7) is 9.02. The maximum Gasteiger partial charge on any atom is 0.335 e. The monoisotopic (exact) mass is 474 g/mol. The number of halogens is 1. The third-order valence-corrected chi connectivity index (χ3v) is 7.23. The van der Waals surface area contributed by atoms with Crippen molar-refractivity contribution in [1.82, 2.24) is 0 Å². The van der Waals surface area contributed by atoms with Crippen molar-refractivity contribution in [3.63, 3.8) is 0 Å². The number of esters is 1. The van der Waals surface area contributed by atoms with Crippen LogP contribution in [0, 0.1) is 5.82 Å². The van der Waals surface area contributed by atoms with Crippen LogP contribution in [-0.2, 0) is 15.6 Å². The van der Waals surface area contributed by atoms with E-state index >= 15 is 0 Å². The molecule has 0 aromatic heterocycles. The number of benzene rings is 3. The minimum absolute atomic E-state index is 0.000251. The van der Waals surface area contributed by atoms with E-state index < -0.39 is 11.9 Å². The first-order chi connectivity index (χ1) is 16.5. The van der Waals surface area contributed by atoms with Crippen molar-refractivity contribution in [3.8, 4) is 5.75 Å². The SMILES string of the molecule is CC1(C)CCC(C)(C)c2cc(C(CC(=O)Oc3ccc(C(=O)O)cc3)c3cccc(F)c3)ccc21. The molecule has 0 amide bonds. The van der Waals surface area contributed by atoms with Crippen LogP contribution in [0.3, 0.4) is 0 Å². The van der Waals surface area contributed by atoms with Gasteiger partial charge in [0.05, 0.1) is 12.0 Å². The maximum absolute atomic E-state index is 14.2. The van der Waals surface area contributed by atoms with Gasteiger partial charge in [-0.05, 0) is 82.3 Å². The van der Waals surface area contributed by atoms with E-state index in [4.69, 9.17) is 9.84 Å². The fourth-order valence-corrected chi connectivity index (χ4v) is 4.98. The van der Waals surface area contributed by atoms with Crippen LogP contribution in [0.2, 0.25) is 0 Å². The third kappa shape index (κ3) is 5.29. The summed E-state index contributed by atoms with van der Waals surface area (Å²) in [5.41, 5.74) is 4.41. The molecule has 0 saturated carbocycles. The number of carbonyl (C=O) groups is 2. The molecular weight excluding hydrogens is 443 g/mol. The van der Waals surface area contributed by atoms with Crippen LogP contribution < -0.4 is 4.74 Å². The van der Waals surface area contributed by atoms with E-state index in [0.29, 0.717) is 5.56 Å². The summed E-state index contributed by atoms with van der Waals surface area (Å²) >= 11 is 0. The second-order valence-corrected chi connectivity index (χ2v) is 10.7. The van der Waals surface area contributed by atoms with Gasteiger partial charge in [0, 0.05) is 5.92 Å². The van der Waals surface area contributed by atoms with Crippen LogP contribution in [0.25, 0.3) is 0 Å². The first-order valence-electron chi connectivity index (χ1n) is 11.9. The molecule has 0 radical (unpaired) electrons. The van der Waals surface area contributed by atoms with Crippen LogP contribution >= 0.6 is 0 Å². The van der Waals surface area contributed by atoms with Gasteiger partial charge in [-0.15, -0.1) is 0 Å². The quantitative estimate of drug-likeness (QED) is 0.309. The van der Waals surface area contributed by atoms with E-state index in [2.05, 4.69) is 39.8 Å². The van der Waals surface area contributed by atoms with E-state index in [0.717, 1.165) is 18.4 Å². The third-order valence-electron chi connectivity index (χ3n) is 7.23. The number of carboxylic acids is 1. The highest BCUT2D eigenvalue weighted by Gasteiger charge is 2.37. The van der Waals surface area contributed by atoms with E-state index in [1.807, 2.05) is 12.1 Å². The van der Waals surface area contributed by atoms with E-state index in [-0.39, 0.29) is 40.3 Å². The Morgan fingerprint density at radius 3 is 2.14 bits per heavy atom. The average Bonchev–Trinajstić information content (AvgIpc) is 2.81. The van der Waals surface area contributed by atoms with Gasteiger partial charge < -0.3 is 9.84 Å². The van der Waals surface area contributed by atoms with Crippen molar-refractivity contribution in [2.75, 3.05) is 0 Å². The number of fused-ring (bicyclic) bond motifs is 1. The van der Waals surface area contributed by atoms with Crippen LogP contribution in [0.4, 0.5) is 4.39 Å². The molecule has 0 saturated heterocycles. The molecule has 4 nitrogen and oxygen atoms in total. The molecular formula is C30H31FO4. The molecule has 0 fully saturated rings. The van der Waals surface area contributed by atoms with Crippen molar-refractivity contribution in [2.45, 2.75) is 63.7 Å². The molecule has 182 valence electrons. The first-order valence-corrected chi connectivity index (χ1v) is 11.9. The summed E-state index contributed by atoms with van der Waals surface area (Å²) in [4.78, 5) is 24.0. The minimum Gasteiger partial charge on any atom is -0.478 e. The smallest absolute Gasteiger partial charge is 0.335 e. The molecule has 0 heterocycles. The summed E-state index contributed by atoms with van der Waals surface area (Å²) in [6, 6.07) is 18.4. The van der Waals surface area contributed by atoms with Crippen molar-refractivity contribution >= 4 is 11.9 Å². The summed E-state index contributed by atoms with van der Waals surface area (Å²) in [5, 5.41) is 9.07. The average molecular weight is 475 g/mol. The zero-order chi connectivity index (χ0) is 25.4. The predicted octanol–water partition coefficient (Wildman–Crippen LogP) is 7.00. The number of hydrogen-bond acceptors (Lipinski definition) is 3. The molecule has 4 rings (SSSR count). The van der Waals surface area contributed by atoms with Crippen LogP contribution in [0.5, 0.6) is 5.75 Å². The van der Waals surface area contributed by atoms with Crippen molar-refractivity contribution in [2.24, 2.45) is 0 Å². The van der Waals surface area contributed by atoms with Gasteiger partial charge in [0.15, 0.2) is 0 Å². The summed E-state index contributed by atoms with van der Waals surface area (Å²) < 4.78 is 19.7. The number of hydrogen-bond donors (Lipinski definition) is 1. The standard InChI is InChI=1S/C30H31FO4/c1-29(2)14-15-30(3,4)26-17-21(10-13-25(26)29)24(20-6-5-7-22(31)16-20)18-27(32)35-23-11-8-19(9-12-23)28(33)34/h5-13,16-17,24H,14-15,18H2,1-4H3,(H,33,34). The Hall–Kier alpha value is -3.47. The second kappa shape index (κ2) is 9.29. The number of ether oxygens (including phenoxy) is 1. The topological polar surface area (TPSA) is 63.6 Å². The minimum atomic E-state index is -1.05. The van der Waals surface area contributed by atoms with Gasteiger partial charge in [-0.25, -0.2) is 9.18 Å². The van der Waals surface area contributed by atoms with Crippen molar-refractivity contribution in [3.05, 3.63) is 100 Å². The Labute approximate surface area is 205 Å². The molecule has 0 spiro atoms. The number of carbonyl (C=O) groups excluding carboxylic acids is 1. The molecule has 1 N–H and O–H groups in total. The fraction of sp³-hybridized carbons (Fsp3) is 0.333. The molecule has 35 heavy (non-hydrogen) atoms. The highest BCUT2D eigenvalue weighted by molar-refractivity contribution is 5.87. The molecule has 5 heteroatoms. The van der Waals surface area contributed by atoms with Gasteiger partial charge in [0.25, 0.3) is 0 Å². The lowest BCUT2D eigenvalue weighted by Crippen LogP contribution is -2.34. The Morgan fingerprint density at radius 2 is 1.51 bits per heavy atom. The van der Waals surface area contributed by atoms with Crippen LogP contribution in [-0.4, -0.2) is 17.0 Å². The summed E-state index contributed by atoms with van der Waals surface area (Å²) in [5.74, 6) is -1.99. The van der Waals surface area contributed by atoms with E-state index in [1.165, 1.54) is 47.5 Å². The number of carboxylic acid groups (broad SMARTS) is 1. The Bertz CT molecular complexity index is 1260. The summed E-state index contributed by atoms with van der Waals surface area (Å²) in [6.07, 6.45) is 2.19. The van der Waals surface area contributed by atoms with Gasteiger partial charge >= 0.3 is 11.9 Å². The second-order valence-electron chi connectivity index (χ2n) is 10.7. The summed E-state index contributed by atoms with van der Waals surface area (Å²) in [7, 11) is 0. The van der Waals surface area contributed by atoms with Crippen molar-refractivity contribution in [1.29, 1.82) is 0 Å². The zero-order valence-corrected chi connectivity index (χ0v) is 20.6. The number of aromatic carboxylic acids is 1. The molecule has 0 bridgehead atoms. The zero-order valence-electron chi connectivity index (χ0n) is 20.6. The molecule has 1 aliphatic carbocycles. The Balaban J connectivity index is 1.68. The van der Waals surface area contributed by atoms with E-state index in [1.54, 1.807) is 6.07 Å². The van der Waals surface area contributed by atoms with Crippen LogP contribution in [0.1, 0.15) is 85.5 Å². The molecule has 3 aromatic carbocycles. The fourth-order valence-electron chi connectivity index (χ4n) is 4.98. The van der Waals surface area contributed by atoms with Gasteiger partial charge in [-0.3, -0.25) is 4.79 Å². The molecule has 1 aliphatic rings. The normalized spacial score (nSPS) is 16.7. The lowest BCUT2D eigenvalue weighted by atomic mass is 9.62. The lowest BCUT2D eigenvalue weighted by molar-refractivity contribution is -0.134. The maximum atomic E-state index is 14.2. The molecule has 1 unspecified atom stereocenters. The van der Waals surface area contributed by atoms with Gasteiger partial charge in [0.1, 0.15) is 11.6 Å². The molecule has 3 aromatic rings. The predicted molar refractivity (Wildman–Crippen MR) is 134 cm³/mol. The van der Waals surface area contributed by atoms with Crippen LogP contribution in [0.15, 0.2) is 66.7 Å². The van der Waals surface area contributed by atoms with Crippen molar-refractivity contribution < 1.29 is 23.8 Å². The van der Waals surface area contributed by atoms with Gasteiger partial charge in [-0.1, -0.05) is 58.0 Å². The van der Waals surface area contributed by atoms with Gasteiger partial charge in [0.2, 0.25) is 0 Å². The first kappa shape index (κ1) is 24.6. The molecule has 1 atom stereocenters. The highest BCUT2D eigenvalue weighted by atomic mass is 19.1. The molecule has 0 aliphatic heterocycles. The Kier molecular flexibility index (Phi) is 6.54. The number of rotatable bonds is 6.